The van der Waals surface area contributed by atoms with Crippen LogP contribution in [0.1, 0.15) is 20.9 Å². The van der Waals surface area contributed by atoms with Gasteiger partial charge < -0.3 is 4.90 Å². The molecule has 2 aromatic heterocycles. The van der Waals surface area contributed by atoms with Gasteiger partial charge in [0.25, 0.3) is 5.91 Å². The maximum absolute atomic E-state index is 13.7. The first-order chi connectivity index (χ1) is 16.3. The molecule has 1 amide bonds. The summed E-state index contributed by atoms with van der Waals surface area (Å²) < 4.78 is 77.9. The van der Waals surface area contributed by atoms with Crippen LogP contribution in [0.15, 0.2) is 48.7 Å². The normalized spacial score (nSPS) is 17.4. The lowest BCUT2D eigenvalue weighted by molar-refractivity contribution is -0.137. The number of hydrogen-bond donors (Lipinski definition) is 0. The van der Waals surface area contributed by atoms with Gasteiger partial charge in [0.1, 0.15) is 17.7 Å². The number of amides is 1. The van der Waals surface area contributed by atoms with E-state index in [-0.39, 0.29) is 17.9 Å². The van der Waals surface area contributed by atoms with E-state index in [0.29, 0.717) is 22.3 Å². The van der Waals surface area contributed by atoms with E-state index >= 15 is 0 Å². The Morgan fingerprint density at radius 2 is 2.03 bits per heavy atom. The monoisotopic (exact) mass is 467 g/mol. The first-order valence-electron chi connectivity index (χ1n) is 10.9. The summed E-state index contributed by atoms with van der Waals surface area (Å²) in [4.78, 5) is 23.3. The maximum atomic E-state index is 13.7. The van der Waals surface area contributed by atoms with Gasteiger partial charge >= 0.3 is 6.18 Å². The van der Waals surface area contributed by atoms with E-state index in [1.165, 1.54) is 11.8 Å². The number of benzene rings is 1. The van der Waals surface area contributed by atoms with Crippen molar-refractivity contribution in [2.45, 2.75) is 25.6 Å². The highest BCUT2D eigenvalue weighted by atomic mass is 35.5. The van der Waals surface area contributed by atoms with E-state index in [2.05, 4.69) is 9.97 Å². The average molecular weight is 468 g/mol. The molecule has 166 valence electrons. The Bertz CT molecular complexity index is 1300. The minimum absolute atomic E-state index is 0.00646. The van der Waals surface area contributed by atoms with Gasteiger partial charge in [0, 0.05) is 35.0 Å². The number of aromatic nitrogens is 2. The predicted octanol–water partition coefficient (Wildman–Crippen LogP) is 5.32. The van der Waals surface area contributed by atoms with Crippen molar-refractivity contribution in [3.8, 4) is 0 Å². The third kappa shape index (κ3) is 4.00. The molecule has 32 heavy (non-hydrogen) atoms. The second-order valence-corrected chi connectivity index (χ2v) is 7.61. The van der Waals surface area contributed by atoms with E-state index in [1.807, 2.05) is 0 Å². The fraction of sp³-hybridized carbons (Fsp3) is 0.227. The number of aryl methyl sites for hydroxylation is 1. The molecular formula is C22H17ClF4N4O. The molecule has 3 aromatic rings. The Labute approximate surface area is 190 Å². The van der Waals surface area contributed by atoms with Crippen LogP contribution in [0.5, 0.6) is 0 Å². The van der Waals surface area contributed by atoms with Crippen LogP contribution in [-0.4, -0.2) is 28.9 Å². The quantitative estimate of drug-likeness (QED) is 0.489. The van der Waals surface area contributed by atoms with Crippen LogP contribution in [0, 0.1) is 12.7 Å². The standard InChI is InChI=1S/C22H17ClF4N4O/c1-12-7-14(22(25,26)27)9-20(29-12)31-17-6-4-3-5-13(17)8-18(31)21(32)30(2)19-10-15(23)16(24)11-28-19/h3-7,9-11,18H,8H2,1-2H3/i2D3. The molecule has 4 rings (SSSR count). The van der Waals surface area contributed by atoms with Crippen molar-refractivity contribution in [2.75, 3.05) is 16.8 Å². The summed E-state index contributed by atoms with van der Waals surface area (Å²) in [6.07, 6.45) is -3.99. The number of fused-ring (bicyclic) bond motifs is 1. The minimum Gasteiger partial charge on any atom is -0.313 e. The molecule has 0 N–H and O–H groups in total. The molecule has 0 saturated heterocycles. The summed E-state index contributed by atoms with van der Waals surface area (Å²) >= 11 is 5.78. The molecule has 1 unspecified atom stereocenters. The largest absolute Gasteiger partial charge is 0.416 e. The van der Waals surface area contributed by atoms with Crippen molar-refractivity contribution >= 4 is 34.8 Å². The number of rotatable bonds is 3. The van der Waals surface area contributed by atoms with Crippen LogP contribution >= 0.6 is 11.6 Å². The molecule has 1 aliphatic rings. The van der Waals surface area contributed by atoms with Gasteiger partial charge in [-0.15, -0.1) is 0 Å². The lowest BCUT2D eigenvalue weighted by Gasteiger charge is -2.29. The molecule has 1 aromatic carbocycles. The molecule has 0 saturated carbocycles. The second-order valence-electron chi connectivity index (χ2n) is 7.20. The van der Waals surface area contributed by atoms with E-state index in [1.54, 1.807) is 24.3 Å². The highest BCUT2D eigenvalue weighted by Gasteiger charge is 2.39. The fourth-order valence-electron chi connectivity index (χ4n) is 3.59. The number of alkyl halides is 3. The summed E-state index contributed by atoms with van der Waals surface area (Å²) in [6.45, 7) is -1.67. The number of hydrogen-bond acceptors (Lipinski definition) is 4. The van der Waals surface area contributed by atoms with Crippen molar-refractivity contribution in [1.29, 1.82) is 0 Å². The van der Waals surface area contributed by atoms with Gasteiger partial charge in [-0.25, -0.2) is 14.4 Å². The first-order valence-corrected chi connectivity index (χ1v) is 9.73. The summed E-state index contributed by atoms with van der Waals surface area (Å²) in [7, 11) is 0. The number of pyridine rings is 2. The molecule has 0 spiro atoms. The number of carbonyl (C=O) groups is 1. The summed E-state index contributed by atoms with van der Waals surface area (Å²) in [5.41, 5.74) is 0.117. The Kier molecular flexibility index (Phi) is 4.62. The highest BCUT2D eigenvalue weighted by Crippen LogP contribution is 2.40. The Morgan fingerprint density at radius 1 is 1.28 bits per heavy atom. The van der Waals surface area contributed by atoms with E-state index in [0.717, 1.165) is 18.2 Å². The molecule has 0 radical (unpaired) electrons. The van der Waals surface area contributed by atoms with Gasteiger partial charge in [0.15, 0.2) is 5.82 Å². The van der Waals surface area contributed by atoms with Crippen LogP contribution in [0.4, 0.5) is 34.9 Å². The molecule has 0 fully saturated rings. The Morgan fingerprint density at radius 3 is 2.72 bits per heavy atom. The van der Waals surface area contributed by atoms with Crippen molar-refractivity contribution < 1.29 is 26.5 Å². The Hall–Kier alpha value is -3.20. The third-order valence-corrected chi connectivity index (χ3v) is 5.31. The number of carbonyl (C=O) groups excluding carboxylic acids is 1. The molecule has 0 aliphatic carbocycles. The summed E-state index contributed by atoms with van der Waals surface area (Å²) in [5.74, 6) is -2.50. The number of anilines is 3. The smallest absolute Gasteiger partial charge is 0.313 e. The first kappa shape index (κ1) is 18.4. The van der Waals surface area contributed by atoms with Gasteiger partial charge in [0.05, 0.1) is 16.8 Å². The third-order valence-electron chi connectivity index (χ3n) is 5.02. The SMILES string of the molecule is [2H]C([2H])([2H])N(C(=O)C1Cc2ccccc2N1c1cc(C(F)(F)F)cc(C)n1)c1cc(Cl)c(F)cn1. The predicted molar refractivity (Wildman–Crippen MR) is 113 cm³/mol. The Balaban J connectivity index is 1.85. The van der Waals surface area contributed by atoms with Crippen LogP contribution in [0.25, 0.3) is 0 Å². The number of halogens is 5. The van der Waals surface area contributed by atoms with Gasteiger partial charge in [0.2, 0.25) is 0 Å². The fourth-order valence-corrected chi connectivity index (χ4v) is 3.74. The zero-order valence-corrected chi connectivity index (χ0v) is 17.2. The van der Waals surface area contributed by atoms with Crippen LogP contribution in [-0.2, 0) is 17.4 Å². The highest BCUT2D eigenvalue weighted by molar-refractivity contribution is 6.31. The number of para-hydroxylation sites is 1. The molecule has 10 heteroatoms. The summed E-state index contributed by atoms with van der Waals surface area (Å²) in [6, 6.07) is 7.94. The molecule has 0 bridgehead atoms. The number of nitrogens with zero attached hydrogens (tertiary/aromatic N) is 4. The van der Waals surface area contributed by atoms with E-state index in [4.69, 9.17) is 15.7 Å². The average Bonchev–Trinajstić information content (AvgIpc) is 3.14. The van der Waals surface area contributed by atoms with E-state index in [9.17, 15) is 22.4 Å². The molecular weight excluding hydrogens is 448 g/mol. The molecule has 1 atom stereocenters. The lowest BCUT2D eigenvalue weighted by atomic mass is 10.1. The summed E-state index contributed by atoms with van der Waals surface area (Å²) in [5, 5.41) is -0.446. The zero-order chi connectivity index (χ0) is 25.7. The van der Waals surface area contributed by atoms with Gasteiger partial charge in [-0.3, -0.25) is 9.69 Å². The molecule has 1 aliphatic heterocycles. The van der Waals surface area contributed by atoms with Crippen molar-refractivity contribution in [3.05, 3.63) is 76.3 Å². The van der Waals surface area contributed by atoms with Crippen molar-refractivity contribution in [1.82, 2.24) is 9.97 Å². The topological polar surface area (TPSA) is 49.3 Å². The van der Waals surface area contributed by atoms with Crippen molar-refractivity contribution in [2.24, 2.45) is 0 Å². The van der Waals surface area contributed by atoms with Gasteiger partial charge in [-0.1, -0.05) is 29.8 Å². The van der Waals surface area contributed by atoms with Crippen LogP contribution in [0.2, 0.25) is 5.02 Å². The number of likely N-dealkylation sites (N-methyl/N-ethyl adjacent to an activating group) is 1. The van der Waals surface area contributed by atoms with Crippen LogP contribution in [0.3, 0.4) is 0 Å². The second kappa shape index (κ2) is 8.05. The molecule has 5 nitrogen and oxygen atoms in total. The minimum atomic E-state index is -4.67. The maximum Gasteiger partial charge on any atom is 0.416 e. The lowest BCUT2D eigenvalue weighted by Crippen LogP contribution is -2.45. The van der Waals surface area contributed by atoms with Gasteiger partial charge in [-0.05, 0) is 30.7 Å². The van der Waals surface area contributed by atoms with Gasteiger partial charge in [-0.2, -0.15) is 13.2 Å². The van der Waals surface area contributed by atoms with Crippen molar-refractivity contribution in [3.63, 3.8) is 0 Å². The van der Waals surface area contributed by atoms with Crippen LogP contribution < -0.4 is 9.80 Å². The molecule has 3 heterocycles. The van der Waals surface area contributed by atoms with E-state index < -0.39 is 47.3 Å². The zero-order valence-electron chi connectivity index (χ0n) is 19.5.